The standard InChI is InChI=1S/C20H23Br2N5OS/c1-14(2)28-19-15(11-16(21)12-18(19)22)13-23-9-6-10-29-20-24-25-26-27(20)17-7-4-3-5-8-17/h3-5,7-8,11-12,14,23H,6,9-10,13H2,1-2H3. The second-order valence-electron chi connectivity index (χ2n) is 6.63. The molecule has 1 heterocycles. The zero-order valence-corrected chi connectivity index (χ0v) is 20.3. The molecule has 0 radical (unpaired) electrons. The lowest BCUT2D eigenvalue weighted by Gasteiger charge is -2.17. The first-order chi connectivity index (χ1) is 14.0. The molecular weight excluding hydrogens is 518 g/mol. The third kappa shape index (κ3) is 6.53. The van der Waals surface area contributed by atoms with E-state index in [1.807, 2.05) is 50.2 Å². The largest absolute Gasteiger partial charge is 0.489 e. The zero-order valence-electron chi connectivity index (χ0n) is 16.3. The number of para-hydroxylation sites is 1. The van der Waals surface area contributed by atoms with Crippen LogP contribution in [0.25, 0.3) is 5.69 Å². The fourth-order valence-corrected chi connectivity index (χ4v) is 4.93. The highest BCUT2D eigenvalue weighted by Gasteiger charge is 2.12. The Hall–Kier alpha value is -1.42. The van der Waals surface area contributed by atoms with Gasteiger partial charge in [-0.25, -0.2) is 0 Å². The fraction of sp³-hybridized carbons (Fsp3) is 0.350. The summed E-state index contributed by atoms with van der Waals surface area (Å²) in [5.41, 5.74) is 2.09. The van der Waals surface area contributed by atoms with Gasteiger partial charge in [0, 0.05) is 22.3 Å². The molecule has 0 spiro atoms. The van der Waals surface area contributed by atoms with Crippen LogP contribution in [0.15, 0.2) is 56.6 Å². The van der Waals surface area contributed by atoms with Crippen LogP contribution in [-0.2, 0) is 6.54 Å². The van der Waals surface area contributed by atoms with Gasteiger partial charge in [-0.3, -0.25) is 0 Å². The van der Waals surface area contributed by atoms with Crippen molar-refractivity contribution in [3.63, 3.8) is 0 Å². The summed E-state index contributed by atoms with van der Waals surface area (Å²) in [5.74, 6) is 1.82. The molecular formula is C20H23Br2N5OS. The number of nitrogens with one attached hydrogen (secondary N) is 1. The summed E-state index contributed by atoms with van der Waals surface area (Å²) in [6.07, 6.45) is 1.13. The van der Waals surface area contributed by atoms with Crippen LogP contribution in [0.2, 0.25) is 0 Å². The van der Waals surface area contributed by atoms with E-state index in [4.69, 9.17) is 4.74 Å². The van der Waals surface area contributed by atoms with E-state index in [9.17, 15) is 0 Å². The van der Waals surface area contributed by atoms with Gasteiger partial charge in [0.15, 0.2) is 0 Å². The van der Waals surface area contributed by atoms with Gasteiger partial charge in [-0.05, 0) is 77.4 Å². The van der Waals surface area contributed by atoms with E-state index < -0.39 is 0 Å². The number of ether oxygens (including phenoxy) is 1. The molecule has 0 saturated carbocycles. The Bertz CT molecular complexity index is 920. The number of thioether (sulfide) groups is 1. The summed E-state index contributed by atoms with van der Waals surface area (Å²) >= 11 is 8.82. The summed E-state index contributed by atoms with van der Waals surface area (Å²) in [6, 6.07) is 14.0. The van der Waals surface area contributed by atoms with Crippen molar-refractivity contribution in [2.45, 2.75) is 38.1 Å². The molecule has 29 heavy (non-hydrogen) atoms. The number of nitrogens with zero attached hydrogens (tertiary/aromatic N) is 4. The molecule has 0 fully saturated rings. The lowest BCUT2D eigenvalue weighted by molar-refractivity contribution is 0.238. The van der Waals surface area contributed by atoms with Gasteiger partial charge in [0.05, 0.1) is 16.3 Å². The number of tetrazole rings is 1. The summed E-state index contributed by atoms with van der Waals surface area (Å²) in [7, 11) is 0. The van der Waals surface area contributed by atoms with Crippen LogP contribution in [0.1, 0.15) is 25.8 Å². The van der Waals surface area contributed by atoms with E-state index >= 15 is 0 Å². The van der Waals surface area contributed by atoms with Crippen molar-refractivity contribution >= 4 is 43.6 Å². The Morgan fingerprint density at radius 1 is 1.17 bits per heavy atom. The van der Waals surface area contributed by atoms with Crippen molar-refractivity contribution in [2.24, 2.45) is 0 Å². The summed E-state index contributed by atoms with van der Waals surface area (Å²) in [6.45, 7) is 5.70. The van der Waals surface area contributed by atoms with E-state index in [-0.39, 0.29) is 6.10 Å². The molecule has 9 heteroatoms. The maximum absolute atomic E-state index is 5.98. The minimum absolute atomic E-state index is 0.123. The number of hydrogen-bond donors (Lipinski definition) is 1. The van der Waals surface area contributed by atoms with Crippen molar-refractivity contribution < 1.29 is 4.74 Å². The van der Waals surface area contributed by atoms with Crippen LogP contribution in [0.4, 0.5) is 0 Å². The van der Waals surface area contributed by atoms with Crippen LogP contribution in [0.3, 0.4) is 0 Å². The molecule has 2 aromatic carbocycles. The van der Waals surface area contributed by atoms with Gasteiger partial charge in [0.25, 0.3) is 0 Å². The minimum Gasteiger partial charge on any atom is -0.489 e. The first-order valence-corrected chi connectivity index (χ1v) is 11.9. The topological polar surface area (TPSA) is 64.9 Å². The zero-order chi connectivity index (χ0) is 20.6. The molecule has 1 aromatic heterocycles. The fourth-order valence-electron chi connectivity index (χ4n) is 2.70. The quantitative estimate of drug-likeness (QED) is 0.280. The van der Waals surface area contributed by atoms with E-state index in [0.717, 1.165) is 56.4 Å². The highest BCUT2D eigenvalue weighted by molar-refractivity contribution is 9.11. The Balaban J connectivity index is 1.48. The van der Waals surface area contributed by atoms with Gasteiger partial charge in [-0.1, -0.05) is 45.9 Å². The molecule has 6 nitrogen and oxygen atoms in total. The SMILES string of the molecule is CC(C)Oc1c(Br)cc(Br)cc1CNCCCSc1nnnn1-c1ccccc1. The second kappa shape index (κ2) is 11.1. The maximum atomic E-state index is 5.98. The van der Waals surface area contributed by atoms with Gasteiger partial charge in [-0.15, -0.1) is 5.10 Å². The molecule has 0 unspecified atom stereocenters. The molecule has 0 saturated heterocycles. The van der Waals surface area contributed by atoms with Gasteiger partial charge in [-0.2, -0.15) is 4.68 Å². The van der Waals surface area contributed by atoms with Gasteiger partial charge >= 0.3 is 0 Å². The number of halogens is 2. The van der Waals surface area contributed by atoms with Crippen molar-refractivity contribution in [2.75, 3.05) is 12.3 Å². The molecule has 0 bridgehead atoms. The predicted octanol–water partition coefficient (Wildman–Crippen LogP) is 5.25. The average molecular weight is 541 g/mol. The van der Waals surface area contributed by atoms with Crippen LogP contribution >= 0.6 is 43.6 Å². The second-order valence-corrected chi connectivity index (χ2v) is 9.46. The van der Waals surface area contributed by atoms with E-state index in [2.05, 4.69) is 58.8 Å². The number of aromatic nitrogens is 4. The maximum Gasteiger partial charge on any atom is 0.214 e. The van der Waals surface area contributed by atoms with Crippen molar-refractivity contribution in [1.29, 1.82) is 0 Å². The monoisotopic (exact) mass is 539 g/mol. The molecule has 1 N–H and O–H groups in total. The molecule has 0 amide bonds. The van der Waals surface area contributed by atoms with Gasteiger partial charge < -0.3 is 10.1 Å². The van der Waals surface area contributed by atoms with Gasteiger partial charge in [0.2, 0.25) is 5.16 Å². The summed E-state index contributed by atoms with van der Waals surface area (Å²) < 4.78 is 9.73. The van der Waals surface area contributed by atoms with E-state index in [1.54, 1.807) is 16.4 Å². The third-order valence-electron chi connectivity index (χ3n) is 3.93. The first-order valence-electron chi connectivity index (χ1n) is 9.36. The van der Waals surface area contributed by atoms with E-state index in [0.29, 0.717) is 0 Å². The average Bonchev–Trinajstić information content (AvgIpc) is 3.16. The minimum atomic E-state index is 0.123. The summed E-state index contributed by atoms with van der Waals surface area (Å²) in [5, 5.41) is 16.3. The molecule has 0 aliphatic heterocycles. The molecule has 0 atom stereocenters. The Morgan fingerprint density at radius 3 is 2.72 bits per heavy atom. The van der Waals surface area contributed by atoms with Crippen LogP contribution < -0.4 is 10.1 Å². The number of hydrogen-bond acceptors (Lipinski definition) is 6. The summed E-state index contributed by atoms with van der Waals surface area (Å²) in [4.78, 5) is 0. The lowest BCUT2D eigenvalue weighted by Crippen LogP contribution is -2.17. The smallest absolute Gasteiger partial charge is 0.214 e. The Labute approximate surface area is 192 Å². The Morgan fingerprint density at radius 2 is 1.97 bits per heavy atom. The molecule has 0 aliphatic rings. The highest BCUT2D eigenvalue weighted by atomic mass is 79.9. The van der Waals surface area contributed by atoms with Crippen molar-refractivity contribution in [3.8, 4) is 11.4 Å². The normalized spacial score (nSPS) is 11.2. The van der Waals surface area contributed by atoms with Crippen molar-refractivity contribution in [3.05, 3.63) is 57.0 Å². The molecule has 0 aliphatic carbocycles. The van der Waals surface area contributed by atoms with Crippen LogP contribution in [0.5, 0.6) is 5.75 Å². The Kier molecular flexibility index (Phi) is 8.53. The van der Waals surface area contributed by atoms with Crippen LogP contribution in [0, 0.1) is 0 Å². The molecule has 3 aromatic rings. The van der Waals surface area contributed by atoms with Crippen LogP contribution in [-0.4, -0.2) is 38.6 Å². The first kappa shape index (κ1) is 22.3. The van der Waals surface area contributed by atoms with E-state index in [1.165, 1.54) is 0 Å². The predicted molar refractivity (Wildman–Crippen MR) is 124 cm³/mol. The van der Waals surface area contributed by atoms with Gasteiger partial charge in [0.1, 0.15) is 5.75 Å². The van der Waals surface area contributed by atoms with Crippen molar-refractivity contribution in [1.82, 2.24) is 25.5 Å². The number of benzene rings is 2. The lowest BCUT2D eigenvalue weighted by atomic mass is 10.2. The number of rotatable bonds is 10. The highest BCUT2D eigenvalue weighted by Crippen LogP contribution is 2.33. The third-order valence-corrected chi connectivity index (χ3v) is 5.98. The molecule has 3 rings (SSSR count). The molecule has 154 valence electrons.